The van der Waals surface area contributed by atoms with Crippen LogP contribution in [0, 0.1) is 10.8 Å². The molecule has 0 saturated carbocycles. The van der Waals surface area contributed by atoms with Crippen molar-refractivity contribution in [3.63, 3.8) is 0 Å². The quantitative estimate of drug-likeness (QED) is 0.336. The molecule has 6 bridgehead atoms. The fraction of sp³-hybridized carbons (Fsp3) is 0.489. The Morgan fingerprint density at radius 3 is 1.78 bits per heavy atom. The molecule has 4 rings (SSSR count). The summed E-state index contributed by atoms with van der Waals surface area (Å²) in [4.78, 5) is 0. The summed E-state index contributed by atoms with van der Waals surface area (Å²) in [6, 6.07) is 11.4. The number of fused-ring (bicyclic) bond motifs is 5. The Hall–Kier alpha value is -3.52. The van der Waals surface area contributed by atoms with Gasteiger partial charge in [-0.1, -0.05) is 162 Å². The first-order chi connectivity index (χ1) is 22.5. The molecule has 264 valence electrons. The minimum Gasteiger partial charge on any atom is -0.507 e. The summed E-state index contributed by atoms with van der Waals surface area (Å²) in [5.74, 6) is 0.808. The van der Waals surface area contributed by atoms with Crippen molar-refractivity contribution in [1.29, 1.82) is 0 Å². The van der Waals surface area contributed by atoms with E-state index in [0.717, 1.165) is 40.7 Å². The molecule has 2 nitrogen and oxygen atoms in total. The molecule has 0 aromatic heterocycles. The Morgan fingerprint density at radius 2 is 1.22 bits per heavy atom. The number of hydrogen-bond donors (Lipinski definition) is 2. The molecule has 49 heavy (non-hydrogen) atoms. The molecule has 0 aliphatic heterocycles. The Bertz CT molecular complexity index is 1730. The van der Waals surface area contributed by atoms with E-state index in [4.69, 9.17) is 0 Å². The highest BCUT2D eigenvalue weighted by molar-refractivity contribution is 5.53. The summed E-state index contributed by atoms with van der Waals surface area (Å²) >= 11 is 0. The zero-order valence-corrected chi connectivity index (χ0v) is 33.0. The molecular formula is C47H64O2. The third kappa shape index (κ3) is 10.3. The first-order valence-corrected chi connectivity index (χ1v) is 18.4. The van der Waals surface area contributed by atoms with E-state index in [2.05, 4.69) is 157 Å². The van der Waals surface area contributed by atoms with Gasteiger partial charge in [0.2, 0.25) is 0 Å². The van der Waals surface area contributed by atoms with Gasteiger partial charge in [-0.05, 0) is 90.2 Å². The molecule has 0 amide bonds. The lowest BCUT2D eigenvalue weighted by atomic mass is 9.81. The number of hydrogen-bond acceptors (Lipinski definition) is 2. The van der Waals surface area contributed by atoms with Crippen LogP contribution in [0.2, 0.25) is 0 Å². The van der Waals surface area contributed by atoms with E-state index in [0.29, 0.717) is 37.2 Å². The molecule has 0 heterocycles. The van der Waals surface area contributed by atoms with Crippen molar-refractivity contribution < 1.29 is 10.2 Å². The maximum absolute atomic E-state index is 12.2. The van der Waals surface area contributed by atoms with Gasteiger partial charge in [0.05, 0.1) is 0 Å². The molecule has 2 aliphatic rings. The lowest BCUT2D eigenvalue weighted by Gasteiger charge is -2.24. The van der Waals surface area contributed by atoms with Gasteiger partial charge in [0, 0.05) is 25.7 Å². The molecule has 0 radical (unpaired) electrons. The summed E-state index contributed by atoms with van der Waals surface area (Å²) < 4.78 is 0. The highest BCUT2D eigenvalue weighted by Gasteiger charge is 2.25. The topological polar surface area (TPSA) is 40.5 Å². The molecule has 0 fully saturated rings. The molecule has 2 aromatic carbocycles. The predicted molar refractivity (Wildman–Crippen MR) is 212 cm³/mol. The van der Waals surface area contributed by atoms with E-state index in [1.165, 1.54) is 33.4 Å². The van der Waals surface area contributed by atoms with Gasteiger partial charge in [-0.15, -0.1) is 0 Å². The summed E-state index contributed by atoms with van der Waals surface area (Å²) in [6.45, 7) is 29.2. The third-order valence-corrected chi connectivity index (χ3v) is 9.75. The number of phenolic OH excluding ortho intramolecular Hbond substituents is 1. The lowest BCUT2D eigenvalue weighted by molar-refractivity contribution is 0.414. The normalized spacial score (nSPS) is 19.0. The van der Waals surface area contributed by atoms with Gasteiger partial charge in [-0.3, -0.25) is 0 Å². The van der Waals surface area contributed by atoms with Crippen LogP contribution >= 0.6 is 0 Å². The Balaban J connectivity index is 2.07. The highest BCUT2D eigenvalue weighted by atomic mass is 16.3. The molecule has 2 aromatic rings. The first kappa shape index (κ1) is 38.3. The van der Waals surface area contributed by atoms with Gasteiger partial charge in [-0.2, -0.15) is 0 Å². The van der Waals surface area contributed by atoms with E-state index >= 15 is 0 Å². The van der Waals surface area contributed by atoms with Crippen molar-refractivity contribution in [2.24, 2.45) is 10.8 Å². The average Bonchev–Trinajstić information content (AvgIpc) is 3.10. The first-order valence-electron chi connectivity index (χ1n) is 18.4. The largest absolute Gasteiger partial charge is 0.507 e. The molecule has 2 N–H and O–H groups in total. The SMILES string of the molecule is CC\C=C1/C=C(\C=C\C(C)(C)C)CC2=C(O)C(=CCC(C(C)(C)C)=C2)Cc2cc(cc(C(C)(C)C)c2)Cc2cc(C(C)(C)C)cc(c2O)C1. The van der Waals surface area contributed by atoms with Crippen LogP contribution < -0.4 is 0 Å². The number of rotatable bonds is 2. The lowest BCUT2D eigenvalue weighted by Crippen LogP contribution is -2.14. The number of aliphatic hydroxyl groups excluding tert-OH is 1. The van der Waals surface area contributed by atoms with Crippen LogP contribution in [-0.2, 0) is 30.1 Å². The van der Waals surface area contributed by atoms with Gasteiger partial charge >= 0.3 is 0 Å². The van der Waals surface area contributed by atoms with Gasteiger partial charge in [0.15, 0.2) is 0 Å². The van der Waals surface area contributed by atoms with Gasteiger partial charge in [-0.25, -0.2) is 0 Å². The van der Waals surface area contributed by atoms with Crippen molar-refractivity contribution in [2.75, 3.05) is 0 Å². The number of allylic oxidation sites excluding steroid dienone is 11. The average molecular weight is 661 g/mol. The van der Waals surface area contributed by atoms with Crippen molar-refractivity contribution in [3.8, 4) is 5.75 Å². The number of aliphatic hydroxyl groups is 1. The minimum atomic E-state index is -0.0647. The van der Waals surface area contributed by atoms with Crippen molar-refractivity contribution in [2.45, 2.75) is 139 Å². The number of phenols is 1. The zero-order chi connectivity index (χ0) is 36.5. The Morgan fingerprint density at radius 1 is 0.653 bits per heavy atom. The maximum Gasteiger partial charge on any atom is 0.122 e. The van der Waals surface area contributed by atoms with Crippen LogP contribution in [0.15, 0.2) is 100 Å². The summed E-state index contributed by atoms with van der Waals surface area (Å²) in [6.07, 6.45) is 17.9. The monoisotopic (exact) mass is 660 g/mol. The molecule has 0 atom stereocenters. The van der Waals surface area contributed by atoms with E-state index in [9.17, 15) is 10.2 Å². The molecule has 0 unspecified atom stereocenters. The Labute approximate surface area is 299 Å². The van der Waals surface area contributed by atoms with Gasteiger partial charge in [0.25, 0.3) is 0 Å². The van der Waals surface area contributed by atoms with E-state index < -0.39 is 0 Å². The number of benzene rings is 2. The van der Waals surface area contributed by atoms with E-state index in [-0.39, 0.29) is 21.7 Å². The molecule has 0 saturated heterocycles. The molecule has 2 aliphatic carbocycles. The zero-order valence-electron chi connectivity index (χ0n) is 33.0. The third-order valence-electron chi connectivity index (χ3n) is 9.75. The molecular weight excluding hydrogens is 597 g/mol. The summed E-state index contributed by atoms with van der Waals surface area (Å²) in [5, 5.41) is 24.1. The van der Waals surface area contributed by atoms with Crippen molar-refractivity contribution in [1.82, 2.24) is 0 Å². The summed E-state index contributed by atoms with van der Waals surface area (Å²) in [7, 11) is 0. The number of aromatic hydroxyl groups is 1. The Kier molecular flexibility index (Phi) is 11.2. The van der Waals surface area contributed by atoms with Crippen LogP contribution in [-0.4, -0.2) is 10.2 Å². The second-order valence-corrected chi connectivity index (χ2v) is 18.7. The van der Waals surface area contributed by atoms with Crippen LogP contribution in [0.25, 0.3) is 0 Å². The van der Waals surface area contributed by atoms with Gasteiger partial charge < -0.3 is 10.2 Å². The van der Waals surface area contributed by atoms with Crippen molar-refractivity contribution in [3.05, 3.63) is 134 Å². The van der Waals surface area contributed by atoms with Crippen LogP contribution in [0.1, 0.15) is 143 Å². The fourth-order valence-electron chi connectivity index (χ4n) is 6.63. The maximum atomic E-state index is 12.2. The minimum absolute atomic E-state index is 0.00602. The highest BCUT2D eigenvalue weighted by Crippen LogP contribution is 2.39. The second kappa shape index (κ2) is 14.4. The van der Waals surface area contributed by atoms with Crippen molar-refractivity contribution >= 4 is 0 Å². The molecule has 2 heteroatoms. The van der Waals surface area contributed by atoms with E-state index in [1.54, 1.807) is 0 Å². The fourth-order valence-corrected chi connectivity index (χ4v) is 6.63. The summed E-state index contributed by atoms with van der Waals surface area (Å²) in [5.41, 5.74) is 12.3. The van der Waals surface area contributed by atoms with E-state index in [1.807, 2.05) is 0 Å². The van der Waals surface area contributed by atoms with Crippen LogP contribution in [0.3, 0.4) is 0 Å². The standard InChI is InChI=1S/C47H64O2/c1-14-15-31-20-32(18-19-44(2,3)4)23-36-28-39(45(5,6)7)17-16-35(42(36)48)24-33-21-34(27-40(26-33)46(8,9)10)25-38-30-41(47(11,12)13)29-37(22-31)43(38)49/h15-16,18-21,26-30,48-49H,14,17,22-25H2,1-13H3/b19-18+,31-15+,32-20+. The van der Waals surface area contributed by atoms with Crippen LogP contribution in [0.4, 0.5) is 0 Å². The van der Waals surface area contributed by atoms with Gasteiger partial charge in [0.1, 0.15) is 11.5 Å². The second-order valence-electron chi connectivity index (χ2n) is 18.7. The predicted octanol–water partition coefficient (Wildman–Crippen LogP) is 13.0. The molecule has 0 spiro atoms. The van der Waals surface area contributed by atoms with Crippen LogP contribution in [0.5, 0.6) is 5.75 Å². The smallest absolute Gasteiger partial charge is 0.122 e.